The zero-order valence-electron chi connectivity index (χ0n) is 11.1. The van der Waals surface area contributed by atoms with Crippen molar-refractivity contribution in [3.63, 3.8) is 0 Å². The molecule has 0 aliphatic carbocycles. The van der Waals surface area contributed by atoms with Crippen LogP contribution < -0.4 is 10.2 Å². The van der Waals surface area contributed by atoms with Gasteiger partial charge in [-0.1, -0.05) is 6.92 Å². The molecule has 0 amide bonds. The average molecular weight is 274 g/mol. The second kappa shape index (κ2) is 4.86. The molecule has 0 radical (unpaired) electrons. The highest BCUT2D eigenvalue weighted by atomic mass is 19.4. The molecule has 1 fully saturated rings. The van der Waals surface area contributed by atoms with Crippen molar-refractivity contribution in [2.45, 2.75) is 32.5 Å². The Morgan fingerprint density at radius 3 is 2.47 bits per heavy atom. The Bertz CT molecular complexity index is 461. The number of hydrogen-bond acceptors (Lipinski definition) is 4. The molecule has 2 atom stereocenters. The fraction of sp³-hybridized carbons (Fsp3) is 0.667. The minimum atomic E-state index is -4.53. The van der Waals surface area contributed by atoms with Crippen molar-refractivity contribution in [1.29, 1.82) is 0 Å². The SMILES string of the molecule is CNc1cc(N2CC(C)CC2C)nc(C(F)(F)F)n1. The van der Waals surface area contributed by atoms with Gasteiger partial charge in [0.1, 0.15) is 11.6 Å². The third-order valence-corrected chi connectivity index (χ3v) is 3.30. The molecule has 0 bridgehead atoms. The van der Waals surface area contributed by atoms with E-state index in [2.05, 4.69) is 22.2 Å². The molecule has 2 heterocycles. The number of alkyl halides is 3. The van der Waals surface area contributed by atoms with E-state index in [4.69, 9.17) is 0 Å². The molecule has 0 spiro atoms. The van der Waals surface area contributed by atoms with Crippen LogP contribution in [0.4, 0.5) is 24.8 Å². The van der Waals surface area contributed by atoms with Crippen LogP contribution in [0.25, 0.3) is 0 Å². The van der Waals surface area contributed by atoms with E-state index in [-0.39, 0.29) is 11.9 Å². The van der Waals surface area contributed by atoms with Crippen LogP contribution in [0.5, 0.6) is 0 Å². The lowest BCUT2D eigenvalue weighted by molar-refractivity contribution is -0.144. The van der Waals surface area contributed by atoms with Gasteiger partial charge in [0.2, 0.25) is 5.82 Å². The van der Waals surface area contributed by atoms with Crippen LogP contribution >= 0.6 is 0 Å². The summed E-state index contributed by atoms with van der Waals surface area (Å²) in [7, 11) is 1.54. The van der Waals surface area contributed by atoms with E-state index >= 15 is 0 Å². The van der Waals surface area contributed by atoms with Gasteiger partial charge in [-0.3, -0.25) is 0 Å². The fourth-order valence-electron chi connectivity index (χ4n) is 2.46. The molecular formula is C12H17F3N4. The normalized spacial score (nSPS) is 23.8. The summed E-state index contributed by atoms with van der Waals surface area (Å²) in [5.74, 6) is -0.119. The predicted octanol–water partition coefficient (Wildman–Crippen LogP) is 2.77. The maximum atomic E-state index is 12.8. The quantitative estimate of drug-likeness (QED) is 0.900. The first-order chi connectivity index (χ1) is 8.81. The lowest BCUT2D eigenvalue weighted by Gasteiger charge is -2.23. The van der Waals surface area contributed by atoms with Crippen molar-refractivity contribution in [2.24, 2.45) is 5.92 Å². The van der Waals surface area contributed by atoms with Gasteiger partial charge < -0.3 is 10.2 Å². The third-order valence-electron chi connectivity index (χ3n) is 3.30. The Labute approximate surface area is 110 Å². The molecule has 1 saturated heterocycles. The van der Waals surface area contributed by atoms with E-state index < -0.39 is 12.0 Å². The second-order valence-electron chi connectivity index (χ2n) is 5.03. The van der Waals surface area contributed by atoms with Crippen LogP contribution in [-0.4, -0.2) is 29.6 Å². The Morgan fingerprint density at radius 2 is 2.00 bits per heavy atom. The highest BCUT2D eigenvalue weighted by Gasteiger charge is 2.37. The monoisotopic (exact) mass is 274 g/mol. The van der Waals surface area contributed by atoms with Crippen molar-refractivity contribution in [3.05, 3.63) is 11.9 Å². The summed E-state index contributed by atoms with van der Waals surface area (Å²) in [6.07, 6.45) is -3.57. The molecule has 0 saturated carbocycles. The first-order valence-electron chi connectivity index (χ1n) is 6.22. The molecule has 1 aliphatic rings. The number of aromatic nitrogens is 2. The number of halogens is 3. The van der Waals surface area contributed by atoms with Gasteiger partial charge >= 0.3 is 6.18 Å². The fourth-order valence-corrected chi connectivity index (χ4v) is 2.46. The number of rotatable bonds is 2. The molecule has 1 aromatic heterocycles. The topological polar surface area (TPSA) is 41.0 Å². The maximum Gasteiger partial charge on any atom is 0.451 e. The molecule has 1 aliphatic heterocycles. The Morgan fingerprint density at radius 1 is 1.32 bits per heavy atom. The summed E-state index contributed by atoms with van der Waals surface area (Å²) in [6, 6.07) is 1.75. The summed E-state index contributed by atoms with van der Waals surface area (Å²) < 4.78 is 38.3. The average Bonchev–Trinajstić information content (AvgIpc) is 2.66. The molecule has 19 heavy (non-hydrogen) atoms. The first-order valence-corrected chi connectivity index (χ1v) is 6.22. The summed E-state index contributed by atoms with van der Waals surface area (Å²) in [5.41, 5.74) is 0. The third kappa shape index (κ3) is 2.90. The van der Waals surface area contributed by atoms with Gasteiger partial charge in [0, 0.05) is 25.7 Å². The molecule has 2 rings (SSSR count). The van der Waals surface area contributed by atoms with Gasteiger partial charge in [-0.15, -0.1) is 0 Å². The van der Waals surface area contributed by atoms with Gasteiger partial charge in [0.05, 0.1) is 0 Å². The standard InChI is InChI=1S/C12H17F3N4/c1-7-4-8(2)19(6-7)10-5-9(16-3)17-11(18-10)12(13,14)15/h5,7-8H,4,6H2,1-3H3,(H,16,17,18). The molecule has 106 valence electrons. The number of nitrogens with one attached hydrogen (secondary N) is 1. The minimum absolute atomic E-state index is 0.184. The van der Waals surface area contributed by atoms with Gasteiger partial charge in [-0.25, -0.2) is 9.97 Å². The van der Waals surface area contributed by atoms with Crippen LogP contribution in [0.2, 0.25) is 0 Å². The van der Waals surface area contributed by atoms with Crippen molar-refractivity contribution < 1.29 is 13.2 Å². The predicted molar refractivity (Wildman–Crippen MR) is 67.2 cm³/mol. The molecular weight excluding hydrogens is 257 g/mol. The summed E-state index contributed by atoms with van der Waals surface area (Å²) in [6.45, 7) is 4.80. The van der Waals surface area contributed by atoms with Crippen molar-refractivity contribution in [1.82, 2.24) is 9.97 Å². The van der Waals surface area contributed by atoms with E-state index in [1.54, 1.807) is 13.1 Å². The van der Waals surface area contributed by atoms with Crippen molar-refractivity contribution >= 4 is 11.6 Å². The smallest absolute Gasteiger partial charge is 0.373 e. The molecule has 1 N–H and O–H groups in total. The van der Waals surface area contributed by atoms with Crippen molar-refractivity contribution in [3.8, 4) is 0 Å². The Kier molecular flexibility index (Phi) is 3.56. The van der Waals surface area contributed by atoms with Gasteiger partial charge in [-0.2, -0.15) is 13.2 Å². The number of nitrogens with zero attached hydrogens (tertiary/aromatic N) is 3. The largest absolute Gasteiger partial charge is 0.451 e. The zero-order chi connectivity index (χ0) is 14.2. The summed E-state index contributed by atoms with van der Waals surface area (Å²) >= 11 is 0. The summed E-state index contributed by atoms with van der Waals surface area (Å²) in [5, 5.41) is 2.65. The van der Waals surface area contributed by atoms with Crippen LogP contribution in [0, 0.1) is 5.92 Å². The van der Waals surface area contributed by atoms with E-state index in [0.717, 1.165) is 13.0 Å². The lowest BCUT2D eigenvalue weighted by Crippen LogP contribution is -2.29. The van der Waals surface area contributed by atoms with Crippen LogP contribution in [0.15, 0.2) is 6.07 Å². The number of hydrogen-bond donors (Lipinski definition) is 1. The highest BCUT2D eigenvalue weighted by molar-refractivity contribution is 5.50. The van der Waals surface area contributed by atoms with Crippen molar-refractivity contribution in [2.75, 3.05) is 23.8 Å². The lowest BCUT2D eigenvalue weighted by atomic mass is 10.1. The maximum absolute atomic E-state index is 12.8. The van der Waals surface area contributed by atoms with Crippen LogP contribution in [-0.2, 0) is 6.18 Å². The van der Waals surface area contributed by atoms with Crippen LogP contribution in [0.3, 0.4) is 0 Å². The minimum Gasteiger partial charge on any atom is -0.373 e. The van der Waals surface area contributed by atoms with E-state index in [0.29, 0.717) is 11.7 Å². The van der Waals surface area contributed by atoms with Gasteiger partial charge in [-0.05, 0) is 19.3 Å². The molecule has 2 unspecified atom stereocenters. The first kappa shape index (κ1) is 13.9. The molecule has 4 nitrogen and oxygen atoms in total. The van der Waals surface area contributed by atoms with Gasteiger partial charge in [0.15, 0.2) is 0 Å². The Balaban J connectivity index is 2.40. The molecule has 1 aromatic rings. The number of anilines is 2. The van der Waals surface area contributed by atoms with Crippen LogP contribution in [0.1, 0.15) is 26.1 Å². The zero-order valence-corrected chi connectivity index (χ0v) is 11.1. The molecule has 0 aromatic carbocycles. The second-order valence-corrected chi connectivity index (χ2v) is 5.03. The van der Waals surface area contributed by atoms with Gasteiger partial charge in [0.25, 0.3) is 0 Å². The highest BCUT2D eigenvalue weighted by Crippen LogP contribution is 2.32. The van der Waals surface area contributed by atoms with E-state index in [1.807, 2.05) is 11.8 Å². The Hall–Kier alpha value is -1.53. The van der Waals surface area contributed by atoms with E-state index in [9.17, 15) is 13.2 Å². The van der Waals surface area contributed by atoms with E-state index in [1.165, 1.54) is 0 Å². The molecule has 7 heteroatoms. The summed E-state index contributed by atoms with van der Waals surface area (Å²) in [4.78, 5) is 9.04.